The van der Waals surface area contributed by atoms with Gasteiger partial charge in [0.2, 0.25) is 6.41 Å². The molecule has 5 aliphatic heterocycles. The van der Waals surface area contributed by atoms with Gasteiger partial charge < -0.3 is 9.64 Å². The Labute approximate surface area is 243 Å². The van der Waals surface area contributed by atoms with Crippen LogP contribution in [0.15, 0.2) is 19.6 Å². The first-order valence-corrected chi connectivity index (χ1v) is 30.3. The number of rotatable bonds is 2. The van der Waals surface area contributed by atoms with Gasteiger partial charge in [-0.1, -0.05) is 0 Å². The van der Waals surface area contributed by atoms with Crippen LogP contribution in [-0.4, -0.2) is 126 Å². The van der Waals surface area contributed by atoms with E-state index in [0.717, 1.165) is 55.2 Å². The number of ether oxygens (including phenoxy) is 2. The largest absolute Gasteiger partial charge is 0.378 e. The minimum Gasteiger partial charge on any atom is -0.378 e. The topological polar surface area (TPSA) is 129 Å². The molecule has 1 atom stereocenters. The fourth-order valence-corrected chi connectivity index (χ4v) is 55.5. The molecule has 3 saturated heterocycles. The minimum atomic E-state index is -3.25. The van der Waals surface area contributed by atoms with Gasteiger partial charge in [0.25, 0.3) is 0 Å². The summed E-state index contributed by atoms with van der Waals surface area (Å²) >= 11 is -3.25. The van der Waals surface area contributed by atoms with Gasteiger partial charge in [0, 0.05) is 13.1 Å². The van der Waals surface area contributed by atoms with Crippen molar-refractivity contribution in [3.8, 4) is 0 Å². The summed E-state index contributed by atoms with van der Waals surface area (Å²) in [4.78, 5) is 55.6. The number of allylic oxidation sites excluding steroid dienone is 1. The quantitative estimate of drug-likeness (QED) is 0.276. The van der Waals surface area contributed by atoms with E-state index in [1.54, 1.807) is 45.6 Å². The van der Waals surface area contributed by atoms with Crippen LogP contribution in [0.4, 0.5) is 0 Å². The number of morpholine rings is 2. The number of carbonyl (C=O) groups excluding carboxylic acids is 4. The molecule has 3 bridgehead atoms. The van der Waals surface area contributed by atoms with Crippen LogP contribution in [0.25, 0.3) is 0 Å². The second-order valence-electron chi connectivity index (χ2n) is 9.08. The van der Waals surface area contributed by atoms with Crippen molar-refractivity contribution < 1.29 is 28.7 Å². The molecule has 11 nitrogen and oxygen atoms in total. The summed E-state index contributed by atoms with van der Waals surface area (Å²) in [6, 6.07) is 0. The van der Waals surface area contributed by atoms with E-state index in [2.05, 4.69) is 16.0 Å². The Balaban J connectivity index is 0.000000379. The molecule has 5 aliphatic rings. The van der Waals surface area contributed by atoms with Crippen LogP contribution in [0.1, 0.15) is 19.8 Å². The summed E-state index contributed by atoms with van der Waals surface area (Å²) in [6.45, 7) is 9.84. The summed E-state index contributed by atoms with van der Waals surface area (Å²) in [5.41, 5.74) is 0. The molecular formula is C23H35N5O6S4Sn. The van der Waals surface area contributed by atoms with Crippen molar-refractivity contribution in [2.45, 2.75) is 19.8 Å². The van der Waals surface area contributed by atoms with Crippen LogP contribution in [0.5, 0.6) is 0 Å². The first kappa shape index (κ1) is 31.4. The van der Waals surface area contributed by atoms with E-state index in [1.807, 2.05) is 6.92 Å². The summed E-state index contributed by atoms with van der Waals surface area (Å²) in [6.07, 6.45) is 2.55. The van der Waals surface area contributed by atoms with Crippen molar-refractivity contribution in [3.05, 3.63) is 19.6 Å². The summed E-state index contributed by atoms with van der Waals surface area (Å²) in [7, 11) is 6.63. The SMILES string of the molecule is CC1=C2[S][Sn]3([S]1)[S]C(=C(C(=O)N1CCOCC1)[S]3)C(=O)NCCCNCCCNC2=O.O=CN1CCOCC1. The third kappa shape index (κ3) is 8.72. The molecule has 0 radical (unpaired) electrons. The molecule has 0 aromatic carbocycles. The number of nitrogens with one attached hydrogen (secondary N) is 3. The number of fused-ring (bicyclic) bond motifs is 2. The van der Waals surface area contributed by atoms with Crippen LogP contribution >= 0.6 is 35.8 Å². The van der Waals surface area contributed by atoms with E-state index in [-0.39, 0.29) is 17.7 Å². The number of nitrogens with zero attached hydrogens (tertiary/aromatic N) is 2. The maximum Gasteiger partial charge on any atom is 0.209 e. The molecule has 0 aromatic heterocycles. The molecule has 5 rings (SSSR count). The van der Waals surface area contributed by atoms with E-state index in [9.17, 15) is 19.2 Å². The first-order valence-electron chi connectivity index (χ1n) is 13.0. The van der Waals surface area contributed by atoms with Crippen LogP contribution in [0.3, 0.4) is 0 Å². The van der Waals surface area contributed by atoms with Crippen molar-refractivity contribution in [3.63, 3.8) is 0 Å². The number of hydrogen-bond donors (Lipinski definition) is 3. The van der Waals surface area contributed by atoms with Crippen LogP contribution in [-0.2, 0) is 28.7 Å². The van der Waals surface area contributed by atoms with Crippen molar-refractivity contribution in [1.82, 2.24) is 25.8 Å². The van der Waals surface area contributed by atoms with Gasteiger partial charge in [0.05, 0.1) is 13.2 Å². The van der Waals surface area contributed by atoms with E-state index in [0.29, 0.717) is 62.4 Å². The standard InChI is InChI=1S/C18H30N4O4S4.C5H9NO2.Sn/c1-12(27)13(28)16(23)20-6-2-4-19-5-3-7-21-17(24)14(29)15(30)18(25)22-8-10-26-11-9-22;7-5-6-1-3-8-4-2-6;/h19,27-30H,2-11H2,1H3,(H,20,23)(H,21,24);5H,1-4H2;/q;;+4/p-4. The maximum absolute atomic E-state index is 13.3. The monoisotopic (exact) mass is 725 g/mol. The molecule has 0 aliphatic carbocycles. The van der Waals surface area contributed by atoms with Gasteiger partial charge in [0.1, 0.15) is 0 Å². The minimum absolute atomic E-state index is 0.0316. The van der Waals surface area contributed by atoms with Gasteiger partial charge in [-0.2, -0.15) is 0 Å². The Hall–Kier alpha value is -0.561. The van der Waals surface area contributed by atoms with Gasteiger partial charge in [-0.15, -0.1) is 0 Å². The van der Waals surface area contributed by atoms with Crippen molar-refractivity contribution in [1.29, 1.82) is 0 Å². The van der Waals surface area contributed by atoms with Gasteiger partial charge in [-0.05, 0) is 0 Å². The Bertz CT molecular complexity index is 1010. The van der Waals surface area contributed by atoms with Crippen molar-refractivity contribution >= 4 is 72.8 Å². The Morgan fingerprint density at radius 1 is 0.821 bits per heavy atom. The zero-order valence-corrected chi connectivity index (χ0v) is 28.1. The molecule has 5 heterocycles. The Kier molecular flexibility index (Phi) is 12.6. The van der Waals surface area contributed by atoms with E-state index >= 15 is 0 Å². The number of amides is 4. The van der Waals surface area contributed by atoms with E-state index < -0.39 is 12.8 Å². The van der Waals surface area contributed by atoms with E-state index in [4.69, 9.17) is 9.47 Å². The molecule has 1 spiro atoms. The predicted octanol–water partition coefficient (Wildman–Crippen LogP) is 0.775. The summed E-state index contributed by atoms with van der Waals surface area (Å²) in [5.74, 6) is -0.266. The van der Waals surface area contributed by atoms with Gasteiger partial charge in [0.15, 0.2) is 0 Å². The molecule has 1 unspecified atom stereocenters. The Morgan fingerprint density at radius 3 is 1.97 bits per heavy atom. The smallest absolute Gasteiger partial charge is 0.209 e. The molecule has 0 saturated carbocycles. The molecule has 4 amide bonds. The second-order valence-corrected chi connectivity index (χ2v) is 48.4. The van der Waals surface area contributed by atoms with Crippen molar-refractivity contribution in [2.24, 2.45) is 0 Å². The maximum atomic E-state index is 13.3. The number of hydrogen-bond acceptors (Lipinski definition) is 11. The second kappa shape index (κ2) is 15.6. The molecule has 3 N–H and O–H groups in total. The predicted molar refractivity (Wildman–Crippen MR) is 160 cm³/mol. The molecule has 3 fully saturated rings. The van der Waals surface area contributed by atoms with Gasteiger partial charge in [-0.25, -0.2) is 0 Å². The molecular weight excluding hydrogens is 689 g/mol. The normalized spacial score (nSPS) is 27.0. The van der Waals surface area contributed by atoms with Gasteiger partial charge >= 0.3 is 198 Å². The molecule has 0 aromatic rings. The van der Waals surface area contributed by atoms with Crippen LogP contribution < -0.4 is 16.0 Å². The fourth-order valence-electron chi connectivity index (χ4n) is 4.10. The summed E-state index contributed by atoms with van der Waals surface area (Å²) < 4.78 is 10.4. The van der Waals surface area contributed by atoms with Crippen LogP contribution in [0.2, 0.25) is 0 Å². The average Bonchev–Trinajstić information content (AvgIpc) is 3.50. The van der Waals surface area contributed by atoms with Crippen molar-refractivity contribution in [2.75, 3.05) is 78.8 Å². The fraction of sp³-hybridized carbons (Fsp3) is 0.652. The summed E-state index contributed by atoms with van der Waals surface area (Å²) in [5, 5.41) is 9.38. The molecule has 216 valence electrons. The first-order chi connectivity index (χ1) is 18.9. The van der Waals surface area contributed by atoms with E-state index in [1.165, 1.54) is 0 Å². The van der Waals surface area contributed by atoms with Crippen LogP contribution in [0, 0.1) is 0 Å². The molecule has 39 heavy (non-hydrogen) atoms. The zero-order valence-electron chi connectivity index (χ0n) is 22.0. The molecule has 16 heteroatoms. The number of carbonyl (C=O) groups is 4. The third-order valence-electron chi connectivity index (χ3n) is 6.22. The zero-order chi connectivity index (χ0) is 27.7. The third-order valence-corrected chi connectivity index (χ3v) is 46.4. The van der Waals surface area contributed by atoms with Gasteiger partial charge in [-0.3, -0.25) is 4.79 Å². The Morgan fingerprint density at radius 2 is 1.38 bits per heavy atom. The average molecular weight is 725 g/mol.